The fourth-order valence-corrected chi connectivity index (χ4v) is 2.29. The molecule has 3 aromatic rings. The average molecular weight is 278 g/mol. The first-order chi connectivity index (χ1) is 10.2. The van der Waals surface area contributed by atoms with E-state index in [0.29, 0.717) is 11.3 Å². The van der Waals surface area contributed by atoms with Crippen molar-refractivity contribution < 1.29 is 9.90 Å². The Balaban J connectivity index is 2.04. The Kier molecular flexibility index (Phi) is 3.28. The normalized spacial score (nSPS) is 10.5. The minimum atomic E-state index is -0.140. The Labute approximate surface area is 122 Å². The third-order valence-corrected chi connectivity index (χ3v) is 3.40. The maximum absolute atomic E-state index is 12.7. The first kappa shape index (κ1) is 13.1. The predicted octanol–water partition coefficient (Wildman–Crippen LogP) is 3.22. The van der Waals surface area contributed by atoms with E-state index < -0.39 is 0 Å². The average Bonchev–Trinajstić information content (AvgIpc) is 2.53. The lowest BCUT2D eigenvalue weighted by molar-refractivity contribution is 0.0994. The minimum absolute atomic E-state index is 0.131. The number of phenols is 1. The molecular weight excluding hydrogens is 264 g/mol. The Morgan fingerprint density at radius 2 is 1.90 bits per heavy atom. The van der Waals surface area contributed by atoms with Gasteiger partial charge in [0.05, 0.1) is 5.52 Å². The van der Waals surface area contributed by atoms with Crippen LogP contribution in [0, 0.1) is 0 Å². The van der Waals surface area contributed by atoms with Gasteiger partial charge in [0, 0.05) is 35.9 Å². The molecule has 1 aromatic heterocycles. The zero-order valence-corrected chi connectivity index (χ0v) is 11.5. The summed E-state index contributed by atoms with van der Waals surface area (Å²) in [5.41, 5.74) is 2.01. The quantitative estimate of drug-likeness (QED) is 0.783. The monoisotopic (exact) mass is 278 g/mol. The number of rotatable bonds is 2. The number of hydrogen-bond donors (Lipinski definition) is 1. The van der Waals surface area contributed by atoms with Crippen molar-refractivity contribution in [1.29, 1.82) is 0 Å². The van der Waals surface area contributed by atoms with Gasteiger partial charge in [-0.2, -0.15) is 0 Å². The number of carbonyl (C=O) groups excluding carboxylic acids is 1. The van der Waals surface area contributed by atoms with E-state index in [1.807, 2.05) is 24.3 Å². The van der Waals surface area contributed by atoms with E-state index in [0.717, 1.165) is 10.9 Å². The molecule has 21 heavy (non-hydrogen) atoms. The molecule has 2 aromatic carbocycles. The molecule has 0 saturated heterocycles. The number of phenolic OH excluding ortho intramolecular Hbond substituents is 1. The largest absolute Gasteiger partial charge is 0.508 e. The van der Waals surface area contributed by atoms with Crippen molar-refractivity contribution in [2.75, 3.05) is 11.9 Å². The van der Waals surface area contributed by atoms with Crippen molar-refractivity contribution in [2.45, 2.75) is 0 Å². The predicted molar refractivity (Wildman–Crippen MR) is 82.6 cm³/mol. The van der Waals surface area contributed by atoms with Gasteiger partial charge in [0.1, 0.15) is 5.75 Å². The summed E-state index contributed by atoms with van der Waals surface area (Å²) >= 11 is 0. The zero-order valence-electron chi connectivity index (χ0n) is 11.5. The maximum Gasteiger partial charge on any atom is 0.258 e. The van der Waals surface area contributed by atoms with Gasteiger partial charge in [0.15, 0.2) is 0 Å². The highest BCUT2D eigenvalue weighted by Gasteiger charge is 2.16. The second-order valence-corrected chi connectivity index (χ2v) is 4.76. The molecule has 0 radical (unpaired) electrons. The van der Waals surface area contributed by atoms with E-state index in [4.69, 9.17) is 0 Å². The standard InChI is InChI=1S/C17H14N2O2/c1-19(12-5-2-6-13(20)11-12)17(21)15-7-3-9-16-14(15)8-4-10-18-16/h2-11,20H,1H3. The van der Waals surface area contributed by atoms with Gasteiger partial charge in [-0.1, -0.05) is 18.2 Å². The molecule has 0 atom stereocenters. The van der Waals surface area contributed by atoms with Gasteiger partial charge in [-0.15, -0.1) is 0 Å². The van der Waals surface area contributed by atoms with E-state index in [1.165, 1.54) is 4.90 Å². The van der Waals surface area contributed by atoms with Crippen LogP contribution in [0.1, 0.15) is 10.4 Å². The van der Waals surface area contributed by atoms with Crippen molar-refractivity contribution in [1.82, 2.24) is 4.98 Å². The Morgan fingerprint density at radius 3 is 2.71 bits per heavy atom. The summed E-state index contributed by atoms with van der Waals surface area (Å²) < 4.78 is 0. The molecule has 0 spiro atoms. The molecule has 0 aliphatic carbocycles. The number of nitrogens with zero attached hydrogens (tertiary/aromatic N) is 2. The summed E-state index contributed by atoms with van der Waals surface area (Å²) in [6.07, 6.45) is 1.70. The van der Waals surface area contributed by atoms with Crippen LogP contribution in [0.15, 0.2) is 60.8 Å². The number of fused-ring (bicyclic) bond motifs is 1. The molecule has 4 heteroatoms. The molecule has 0 aliphatic heterocycles. The minimum Gasteiger partial charge on any atom is -0.508 e. The van der Waals surface area contributed by atoms with Gasteiger partial charge in [-0.05, 0) is 30.3 Å². The molecule has 0 aliphatic rings. The molecule has 1 N–H and O–H groups in total. The first-order valence-corrected chi connectivity index (χ1v) is 6.57. The second kappa shape index (κ2) is 5.25. The summed E-state index contributed by atoms with van der Waals surface area (Å²) in [6.45, 7) is 0. The van der Waals surface area contributed by atoms with Crippen LogP contribution >= 0.6 is 0 Å². The Bertz CT molecular complexity index is 809. The molecule has 1 heterocycles. The topological polar surface area (TPSA) is 53.4 Å². The number of aromatic nitrogens is 1. The van der Waals surface area contributed by atoms with Crippen molar-refractivity contribution in [3.63, 3.8) is 0 Å². The number of carbonyl (C=O) groups is 1. The smallest absolute Gasteiger partial charge is 0.258 e. The van der Waals surface area contributed by atoms with Gasteiger partial charge in [0.25, 0.3) is 5.91 Å². The lowest BCUT2D eigenvalue weighted by atomic mass is 10.1. The molecule has 0 unspecified atom stereocenters. The van der Waals surface area contributed by atoms with E-state index >= 15 is 0 Å². The SMILES string of the molecule is CN(C(=O)c1cccc2ncccc12)c1cccc(O)c1. The van der Waals surface area contributed by atoms with Gasteiger partial charge in [0.2, 0.25) is 0 Å². The van der Waals surface area contributed by atoms with Crippen molar-refractivity contribution in [2.24, 2.45) is 0 Å². The van der Waals surface area contributed by atoms with Crippen LogP contribution in [-0.2, 0) is 0 Å². The number of pyridine rings is 1. The van der Waals surface area contributed by atoms with E-state index in [1.54, 1.807) is 43.6 Å². The number of benzene rings is 2. The summed E-state index contributed by atoms with van der Waals surface area (Å²) in [6, 6.07) is 15.8. The van der Waals surface area contributed by atoms with Gasteiger partial charge >= 0.3 is 0 Å². The lowest BCUT2D eigenvalue weighted by Gasteiger charge is -2.18. The molecular formula is C17H14N2O2. The van der Waals surface area contributed by atoms with Crippen molar-refractivity contribution in [3.8, 4) is 5.75 Å². The van der Waals surface area contributed by atoms with Crippen LogP contribution in [-0.4, -0.2) is 23.0 Å². The fourth-order valence-electron chi connectivity index (χ4n) is 2.29. The van der Waals surface area contributed by atoms with Crippen molar-refractivity contribution >= 4 is 22.5 Å². The molecule has 0 bridgehead atoms. The van der Waals surface area contributed by atoms with Crippen LogP contribution < -0.4 is 4.90 Å². The first-order valence-electron chi connectivity index (χ1n) is 6.57. The third kappa shape index (κ3) is 2.43. The van der Waals surface area contributed by atoms with Crippen LogP contribution in [0.4, 0.5) is 5.69 Å². The highest BCUT2D eigenvalue weighted by molar-refractivity contribution is 6.13. The Morgan fingerprint density at radius 1 is 1.10 bits per heavy atom. The highest BCUT2D eigenvalue weighted by atomic mass is 16.3. The maximum atomic E-state index is 12.7. The summed E-state index contributed by atoms with van der Waals surface area (Å²) in [4.78, 5) is 18.5. The fraction of sp³-hybridized carbons (Fsp3) is 0.0588. The molecule has 4 nitrogen and oxygen atoms in total. The van der Waals surface area contributed by atoms with Gasteiger partial charge in [-0.25, -0.2) is 0 Å². The summed E-state index contributed by atoms with van der Waals surface area (Å²) in [5, 5.41) is 10.4. The van der Waals surface area contributed by atoms with E-state index in [-0.39, 0.29) is 11.7 Å². The Hall–Kier alpha value is -2.88. The molecule has 3 rings (SSSR count). The highest BCUT2D eigenvalue weighted by Crippen LogP contribution is 2.23. The third-order valence-electron chi connectivity index (χ3n) is 3.40. The molecule has 0 saturated carbocycles. The van der Waals surface area contributed by atoms with Crippen LogP contribution in [0.25, 0.3) is 10.9 Å². The zero-order chi connectivity index (χ0) is 14.8. The molecule has 1 amide bonds. The van der Waals surface area contributed by atoms with Crippen LogP contribution in [0.5, 0.6) is 5.75 Å². The number of aromatic hydroxyl groups is 1. The number of amides is 1. The van der Waals surface area contributed by atoms with Crippen LogP contribution in [0.2, 0.25) is 0 Å². The van der Waals surface area contributed by atoms with Crippen LogP contribution in [0.3, 0.4) is 0 Å². The number of anilines is 1. The number of hydrogen-bond acceptors (Lipinski definition) is 3. The van der Waals surface area contributed by atoms with E-state index in [9.17, 15) is 9.90 Å². The van der Waals surface area contributed by atoms with E-state index in [2.05, 4.69) is 4.98 Å². The van der Waals surface area contributed by atoms with Crippen molar-refractivity contribution in [3.05, 3.63) is 66.4 Å². The molecule has 0 fully saturated rings. The summed E-state index contributed by atoms with van der Waals surface area (Å²) in [7, 11) is 1.69. The second-order valence-electron chi connectivity index (χ2n) is 4.76. The van der Waals surface area contributed by atoms with Gasteiger partial charge < -0.3 is 10.0 Å². The summed E-state index contributed by atoms with van der Waals surface area (Å²) in [5.74, 6) is -0.00839. The van der Waals surface area contributed by atoms with Gasteiger partial charge in [-0.3, -0.25) is 9.78 Å². The lowest BCUT2D eigenvalue weighted by Crippen LogP contribution is -2.26. The molecule has 104 valence electrons.